The van der Waals surface area contributed by atoms with Crippen molar-refractivity contribution in [3.8, 4) is 0 Å². The number of ether oxygens (including phenoxy) is 1. The van der Waals surface area contributed by atoms with E-state index in [2.05, 4.69) is 13.8 Å². The standard InChI is InChI=1S/C18H22FNO3/c1-5-23-18(22)14-10-20(7-6-11(2)3)16-9-15(19)12(4)8-13(16)17(14)21/h8-11H,5-7H2,1-4H3. The molecule has 0 aliphatic carbocycles. The number of rotatable bonds is 5. The molecular weight excluding hydrogens is 297 g/mol. The highest BCUT2D eigenvalue weighted by molar-refractivity contribution is 5.94. The highest BCUT2D eigenvalue weighted by Gasteiger charge is 2.17. The molecule has 23 heavy (non-hydrogen) atoms. The molecule has 0 radical (unpaired) electrons. The van der Waals surface area contributed by atoms with E-state index in [0.29, 0.717) is 28.9 Å². The zero-order valence-electron chi connectivity index (χ0n) is 14.0. The lowest BCUT2D eigenvalue weighted by Crippen LogP contribution is -2.21. The molecule has 0 aliphatic heterocycles. The zero-order chi connectivity index (χ0) is 17.1. The first-order valence-corrected chi connectivity index (χ1v) is 7.85. The van der Waals surface area contributed by atoms with Crippen LogP contribution >= 0.6 is 0 Å². The predicted molar refractivity (Wildman–Crippen MR) is 88.3 cm³/mol. The molecular formula is C18H22FNO3. The van der Waals surface area contributed by atoms with Gasteiger partial charge >= 0.3 is 5.97 Å². The van der Waals surface area contributed by atoms with Crippen LogP contribution in [0.25, 0.3) is 10.9 Å². The van der Waals surface area contributed by atoms with Gasteiger partial charge in [0.1, 0.15) is 11.4 Å². The first kappa shape index (κ1) is 17.2. The molecule has 2 aromatic rings. The van der Waals surface area contributed by atoms with Gasteiger partial charge in [0.25, 0.3) is 0 Å². The number of aromatic nitrogens is 1. The summed E-state index contributed by atoms with van der Waals surface area (Å²) in [5.41, 5.74) is 0.467. The molecule has 0 amide bonds. The average Bonchev–Trinajstić information content (AvgIpc) is 2.48. The van der Waals surface area contributed by atoms with Crippen LogP contribution in [0.15, 0.2) is 23.1 Å². The van der Waals surface area contributed by atoms with E-state index in [0.717, 1.165) is 6.42 Å². The minimum Gasteiger partial charge on any atom is -0.462 e. The maximum atomic E-state index is 13.9. The quantitative estimate of drug-likeness (QED) is 0.790. The van der Waals surface area contributed by atoms with Crippen LogP contribution in [0.2, 0.25) is 0 Å². The highest BCUT2D eigenvalue weighted by Crippen LogP contribution is 2.19. The van der Waals surface area contributed by atoms with E-state index in [1.807, 2.05) is 0 Å². The third-order valence-electron chi connectivity index (χ3n) is 3.80. The van der Waals surface area contributed by atoms with Crippen molar-refractivity contribution in [1.29, 1.82) is 0 Å². The third kappa shape index (κ3) is 3.60. The molecule has 5 heteroatoms. The van der Waals surface area contributed by atoms with E-state index < -0.39 is 11.4 Å². The molecule has 1 aromatic carbocycles. The second-order valence-corrected chi connectivity index (χ2v) is 6.09. The number of carbonyl (C=O) groups is 1. The highest BCUT2D eigenvalue weighted by atomic mass is 19.1. The van der Waals surface area contributed by atoms with Crippen molar-refractivity contribution in [3.05, 3.63) is 45.5 Å². The number of aryl methyl sites for hydroxylation is 2. The summed E-state index contributed by atoms with van der Waals surface area (Å²) >= 11 is 0. The Hall–Kier alpha value is -2.17. The lowest BCUT2D eigenvalue weighted by molar-refractivity contribution is 0.0524. The fraction of sp³-hybridized carbons (Fsp3) is 0.444. The Bertz CT molecular complexity index is 793. The van der Waals surface area contributed by atoms with Crippen LogP contribution in [0.3, 0.4) is 0 Å². The van der Waals surface area contributed by atoms with Crippen molar-refractivity contribution < 1.29 is 13.9 Å². The second-order valence-electron chi connectivity index (χ2n) is 6.09. The molecule has 0 N–H and O–H groups in total. The van der Waals surface area contributed by atoms with Crippen LogP contribution in [0.5, 0.6) is 0 Å². The number of esters is 1. The summed E-state index contributed by atoms with van der Waals surface area (Å²) in [5.74, 6) is -0.551. The first-order valence-electron chi connectivity index (χ1n) is 7.85. The van der Waals surface area contributed by atoms with Crippen molar-refractivity contribution in [2.24, 2.45) is 5.92 Å². The molecule has 0 saturated heterocycles. The molecule has 4 nitrogen and oxygen atoms in total. The van der Waals surface area contributed by atoms with Crippen LogP contribution in [0.4, 0.5) is 4.39 Å². The fourth-order valence-electron chi connectivity index (χ4n) is 2.46. The van der Waals surface area contributed by atoms with E-state index in [4.69, 9.17) is 4.74 Å². The summed E-state index contributed by atoms with van der Waals surface area (Å²) < 4.78 is 20.7. The summed E-state index contributed by atoms with van der Waals surface area (Å²) in [5, 5.41) is 0.346. The Kier molecular flexibility index (Phi) is 5.19. The van der Waals surface area contributed by atoms with Crippen molar-refractivity contribution in [2.45, 2.75) is 40.7 Å². The maximum absolute atomic E-state index is 13.9. The molecule has 2 rings (SSSR count). The van der Waals surface area contributed by atoms with Gasteiger partial charge in [-0.2, -0.15) is 0 Å². The summed E-state index contributed by atoms with van der Waals surface area (Å²) in [4.78, 5) is 24.6. The van der Waals surface area contributed by atoms with Gasteiger partial charge in [-0.1, -0.05) is 13.8 Å². The number of hydrogen-bond donors (Lipinski definition) is 0. The lowest BCUT2D eigenvalue weighted by Gasteiger charge is -2.15. The minimum atomic E-state index is -0.639. The van der Waals surface area contributed by atoms with Gasteiger partial charge in [0.2, 0.25) is 5.43 Å². The molecule has 0 saturated carbocycles. The molecule has 124 valence electrons. The molecule has 1 aromatic heterocycles. The van der Waals surface area contributed by atoms with Gasteiger partial charge in [0, 0.05) is 18.1 Å². The molecule has 0 atom stereocenters. The van der Waals surface area contributed by atoms with Crippen molar-refractivity contribution in [3.63, 3.8) is 0 Å². The van der Waals surface area contributed by atoms with Crippen molar-refractivity contribution in [1.82, 2.24) is 4.57 Å². The van der Waals surface area contributed by atoms with Crippen molar-refractivity contribution >= 4 is 16.9 Å². The molecule has 0 unspecified atom stereocenters. The first-order chi connectivity index (χ1) is 10.8. The van der Waals surface area contributed by atoms with E-state index in [1.165, 1.54) is 18.3 Å². The van der Waals surface area contributed by atoms with Crippen LogP contribution in [0, 0.1) is 18.7 Å². The number of pyridine rings is 1. The second kappa shape index (κ2) is 6.94. The van der Waals surface area contributed by atoms with Gasteiger partial charge in [-0.25, -0.2) is 9.18 Å². The third-order valence-corrected chi connectivity index (χ3v) is 3.80. The van der Waals surface area contributed by atoms with Crippen LogP contribution in [-0.2, 0) is 11.3 Å². The summed E-state index contributed by atoms with van der Waals surface area (Å²) in [6.07, 6.45) is 2.34. The molecule has 1 heterocycles. The minimum absolute atomic E-state index is 0.00545. The maximum Gasteiger partial charge on any atom is 0.343 e. The Morgan fingerprint density at radius 2 is 2.04 bits per heavy atom. The van der Waals surface area contributed by atoms with E-state index >= 15 is 0 Å². The van der Waals surface area contributed by atoms with Crippen LogP contribution in [-0.4, -0.2) is 17.1 Å². The Balaban J connectivity index is 2.69. The molecule has 0 fully saturated rings. The number of nitrogens with zero attached hydrogens (tertiary/aromatic N) is 1. The Morgan fingerprint density at radius 3 is 2.65 bits per heavy atom. The number of halogens is 1. The van der Waals surface area contributed by atoms with Gasteiger partial charge in [0.05, 0.1) is 12.1 Å². The summed E-state index contributed by atoms with van der Waals surface area (Å²) in [6.45, 7) is 8.26. The van der Waals surface area contributed by atoms with Gasteiger partial charge in [-0.05, 0) is 43.9 Å². The van der Waals surface area contributed by atoms with E-state index in [-0.39, 0.29) is 18.0 Å². The monoisotopic (exact) mass is 319 g/mol. The van der Waals surface area contributed by atoms with Gasteiger partial charge in [0.15, 0.2) is 0 Å². The topological polar surface area (TPSA) is 48.3 Å². The number of benzene rings is 1. The Labute approximate surface area is 134 Å². The van der Waals surface area contributed by atoms with Crippen LogP contribution < -0.4 is 5.43 Å². The van der Waals surface area contributed by atoms with E-state index in [1.54, 1.807) is 18.4 Å². The fourth-order valence-corrected chi connectivity index (χ4v) is 2.46. The Morgan fingerprint density at radius 1 is 1.35 bits per heavy atom. The predicted octanol–water partition coefficient (Wildman–Crippen LogP) is 3.67. The number of fused-ring (bicyclic) bond motifs is 1. The normalized spacial score (nSPS) is 11.2. The zero-order valence-corrected chi connectivity index (χ0v) is 14.0. The molecule has 0 spiro atoms. The smallest absolute Gasteiger partial charge is 0.343 e. The molecule has 0 bridgehead atoms. The van der Waals surface area contributed by atoms with Crippen LogP contribution in [0.1, 0.15) is 43.1 Å². The largest absolute Gasteiger partial charge is 0.462 e. The van der Waals surface area contributed by atoms with Crippen molar-refractivity contribution in [2.75, 3.05) is 6.61 Å². The van der Waals surface area contributed by atoms with Gasteiger partial charge in [-0.15, -0.1) is 0 Å². The van der Waals surface area contributed by atoms with Gasteiger partial charge < -0.3 is 9.30 Å². The average molecular weight is 319 g/mol. The summed E-state index contributed by atoms with van der Waals surface area (Å²) in [7, 11) is 0. The lowest BCUT2D eigenvalue weighted by atomic mass is 10.1. The SMILES string of the molecule is CCOC(=O)c1cn(CCC(C)C)c2cc(F)c(C)cc2c1=O. The van der Waals surface area contributed by atoms with Gasteiger partial charge in [-0.3, -0.25) is 4.79 Å². The number of hydrogen-bond acceptors (Lipinski definition) is 3. The summed E-state index contributed by atoms with van der Waals surface area (Å²) in [6, 6.07) is 2.86. The number of carbonyl (C=O) groups excluding carboxylic acids is 1. The van der Waals surface area contributed by atoms with E-state index in [9.17, 15) is 14.0 Å². The molecule has 0 aliphatic rings.